The molecule has 0 saturated carbocycles. The van der Waals surface area contributed by atoms with Crippen LogP contribution in [0.1, 0.15) is 55.8 Å². The fourth-order valence-electron chi connectivity index (χ4n) is 2.47. The first-order valence-electron chi connectivity index (χ1n) is 7.19. The van der Waals surface area contributed by atoms with Crippen LogP contribution in [0.4, 0.5) is 0 Å². The zero-order chi connectivity index (χ0) is 12.8. The highest BCUT2D eigenvalue weighted by Gasteiger charge is 2.16. The van der Waals surface area contributed by atoms with Crippen molar-refractivity contribution >= 4 is 0 Å². The summed E-state index contributed by atoms with van der Waals surface area (Å²) in [6.45, 7) is 3.50. The van der Waals surface area contributed by atoms with Crippen molar-refractivity contribution in [3.05, 3.63) is 22.9 Å². The van der Waals surface area contributed by atoms with Crippen molar-refractivity contribution in [1.29, 1.82) is 0 Å². The Bertz CT molecular complexity index is 390. The Labute approximate surface area is 110 Å². The van der Waals surface area contributed by atoms with Gasteiger partial charge in [0, 0.05) is 17.8 Å². The minimum atomic E-state index is 0.518. The van der Waals surface area contributed by atoms with Gasteiger partial charge in [-0.3, -0.25) is 0 Å². The number of fused-ring (bicyclic) bond motifs is 1. The fourth-order valence-corrected chi connectivity index (χ4v) is 2.47. The number of hydrogen-bond donors (Lipinski definition) is 1. The molecular formula is C15H24N2O. The second kappa shape index (κ2) is 6.74. The molecule has 0 aliphatic heterocycles. The summed E-state index contributed by atoms with van der Waals surface area (Å²) in [5.41, 5.74) is 9.43. The Balaban J connectivity index is 1.94. The van der Waals surface area contributed by atoms with Crippen LogP contribution < -0.4 is 10.5 Å². The summed E-state index contributed by atoms with van der Waals surface area (Å²) in [7, 11) is 0. The molecule has 0 fully saturated rings. The van der Waals surface area contributed by atoms with E-state index in [1.807, 2.05) is 0 Å². The van der Waals surface area contributed by atoms with Gasteiger partial charge in [0.1, 0.15) is 0 Å². The molecule has 0 unspecified atom stereocenters. The highest BCUT2D eigenvalue weighted by molar-refractivity contribution is 5.36. The van der Waals surface area contributed by atoms with E-state index in [2.05, 4.69) is 18.0 Å². The SMILES string of the molecule is CCCCCCOc1nc2c(cc1CN)CCC2. The van der Waals surface area contributed by atoms with Crippen molar-refractivity contribution in [2.45, 2.75) is 58.4 Å². The molecule has 1 aromatic heterocycles. The van der Waals surface area contributed by atoms with Gasteiger partial charge in [0.2, 0.25) is 5.88 Å². The van der Waals surface area contributed by atoms with Crippen LogP contribution >= 0.6 is 0 Å². The second-order valence-corrected chi connectivity index (χ2v) is 5.03. The van der Waals surface area contributed by atoms with Crippen LogP contribution in [0.3, 0.4) is 0 Å². The molecule has 0 amide bonds. The lowest BCUT2D eigenvalue weighted by Gasteiger charge is -2.11. The molecular weight excluding hydrogens is 224 g/mol. The van der Waals surface area contributed by atoms with Gasteiger partial charge in [0.05, 0.1) is 6.61 Å². The summed E-state index contributed by atoms with van der Waals surface area (Å²) in [6.07, 6.45) is 8.33. The first kappa shape index (κ1) is 13.3. The Morgan fingerprint density at radius 2 is 2.17 bits per heavy atom. The van der Waals surface area contributed by atoms with Crippen LogP contribution in [-0.4, -0.2) is 11.6 Å². The normalized spacial score (nSPS) is 13.7. The third-order valence-electron chi connectivity index (χ3n) is 3.55. The third-order valence-corrected chi connectivity index (χ3v) is 3.55. The van der Waals surface area contributed by atoms with Gasteiger partial charge in [-0.15, -0.1) is 0 Å². The number of nitrogens with two attached hydrogens (primary N) is 1. The topological polar surface area (TPSA) is 48.1 Å². The van der Waals surface area contributed by atoms with E-state index in [1.165, 1.54) is 36.9 Å². The van der Waals surface area contributed by atoms with Gasteiger partial charge in [-0.25, -0.2) is 4.98 Å². The zero-order valence-corrected chi connectivity index (χ0v) is 11.4. The Hall–Kier alpha value is -1.09. The molecule has 0 spiro atoms. The van der Waals surface area contributed by atoms with Gasteiger partial charge in [-0.05, 0) is 37.3 Å². The quantitative estimate of drug-likeness (QED) is 0.755. The maximum absolute atomic E-state index is 5.81. The zero-order valence-electron chi connectivity index (χ0n) is 11.4. The van der Waals surface area contributed by atoms with E-state index in [0.29, 0.717) is 6.54 Å². The smallest absolute Gasteiger partial charge is 0.218 e. The third kappa shape index (κ3) is 3.22. The van der Waals surface area contributed by atoms with Crippen LogP contribution in [-0.2, 0) is 19.4 Å². The lowest BCUT2D eigenvalue weighted by molar-refractivity contribution is 0.290. The van der Waals surface area contributed by atoms with Crippen LogP contribution in [0.2, 0.25) is 0 Å². The van der Waals surface area contributed by atoms with Gasteiger partial charge in [0.15, 0.2) is 0 Å². The number of rotatable bonds is 7. The maximum atomic E-state index is 5.81. The van der Waals surface area contributed by atoms with Crippen molar-refractivity contribution in [2.75, 3.05) is 6.61 Å². The lowest BCUT2D eigenvalue weighted by atomic mass is 10.1. The van der Waals surface area contributed by atoms with Crippen molar-refractivity contribution in [2.24, 2.45) is 5.73 Å². The van der Waals surface area contributed by atoms with E-state index < -0.39 is 0 Å². The highest BCUT2D eigenvalue weighted by atomic mass is 16.5. The molecule has 100 valence electrons. The number of pyridine rings is 1. The molecule has 1 aliphatic carbocycles. The first-order valence-corrected chi connectivity index (χ1v) is 7.19. The Morgan fingerprint density at radius 3 is 2.94 bits per heavy atom. The molecule has 3 heteroatoms. The number of unbranched alkanes of at least 4 members (excludes halogenated alkanes) is 3. The van der Waals surface area contributed by atoms with Crippen LogP contribution in [0.25, 0.3) is 0 Å². The van der Waals surface area contributed by atoms with Gasteiger partial charge in [0.25, 0.3) is 0 Å². The monoisotopic (exact) mass is 248 g/mol. The first-order chi connectivity index (χ1) is 8.85. The van der Waals surface area contributed by atoms with Crippen molar-refractivity contribution in [3.8, 4) is 5.88 Å². The van der Waals surface area contributed by atoms with E-state index >= 15 is 0 Å². The van der Waals surface area contributed by atoms with Crippen molar-refractivity contribution < 1.29 is 4.74 Å². The van der Waals surface area contributed by atoms with Gasteiger partial charge < -0.3 is 10.5 Å². The molecule has 0 radical (unpaired) electrons. The highest BCUT2D eigenvalue weighted by Crippen LogP contribution is 2.26. The van der Waals surface area contributed by atoms with Crippen molar-refractivity contribution in [1.82, 2.24) is 4.98 Å². The minimum Gasteiger partial charge on any atom is -0.477 e. The van der Waals surface area contributed by atoms with Gasteiger partial charge >= 0.3 is 0 Å². The molecule has 3 nitrogen and oxygen atoms in total. The Morgan fingerprint density at radius 1 is 1.28 bits per heavy atom. The predicted octanol–water partition coefficient (Wildman–Crippen LogP) is 2.99. The molecule has 2 N–H and O–H groups in total. The lowest BCUT2D eigenvalue weighted by Crippen LogP contribution is -2.07. The average molecular weight is 248 g/mol. The molecule has 1 aliphatic rings. The molecule has 1 heterocycles. The summed E-state index contributed by atoms with van der Waals surface area (Å²) in [6, 6.07) is 2.19. The number of aryl methyl sites for hydroxylation is 2. The number of ether oxygens (including phenoxy) is 1. The van der Waals surface area contributed by atoms with Crippen LogP contribution in [0.15, 0.2) is 6.07 Å². The largest absolute Gasteiger partial charge is 0.477 e. The summed E-state index contributed by atoms with van der Waals surface area (Å²) in [5, 5.41) is 0. The average Bonchev–Trinajstić information content (AvgIpc) is 2.84. The van der Waals surface area contributed by atoms with Crippen LogP contribution in [0, 0.1) is 0 Å². The number of aromatic nitrogens is 1. The standard InChI is InChI=1S/C15H24N2O/c1-2-3-4-5-9-18-15-13(11-16)10-12-7-6-8-14(12)17-15/h10H,2-9,11,16H2,1H3. The van der Waals surface area contributed by atoms with Crippen molar-refractivity contribution in [3.63, 3.8) is 0 Å². The summed E-state index contributed by atoms with van der Waals surface area (Å²) in [5.74, 6) is 0.773. The molecule has 0 atom stereocenters. The molecule has 1 aromatic rings. The fraction of sp³-hybridized carbons (Fsp3) is 0.667. The van der Waals surface area contributed by atoms with E-state index in [4.69, 9.17) is 10.5 Å². The van der Waals surface area contributed by atoms with Gasteiger partial charge in [-0.1, -0.05) is 26.2 Å². The van der Waals surface area contributed by atoms with E-state index in [9.17, 15) is 0 Å². The van der Waals surface area contributed by atoms with E-state index in [-0.39, 0.29) is 0 Å². The molecule has 2 rings (SSSR count). The Kier molecular flexibility index (Phi) is 5.00. The number of nitrogens with zero attached hydrogens (tertiary/aromatic N) is 1. The molecule has 0 aromatic carbocycles. The molecule has 18 heavy (non-hydrogen) atoms. The number of hydrogen-bond acceptors (Lipinski definition) is 3. The molecule has 0 saturated heterocycles. The summed E-state index contributed by atoms with van der Waals surface area (Å²) >= 11 is 0. The molecule has 0 bridgehead atoms. The minimum absolute atomic E-state index is 0.518. The second-order valence-electron chi connectivity index (χ2n) is 5.03. The summed E-state index contributed by atoms with van der Waals surface area (Å²) in [4.78, 5) is 4.64. The van der Waals surface area contributed by atoms with E-state index in [1.54, 1.807) is 0 Å². The van der Waals surface area contributed by atoms with Crippen LogP contribution in [0.5, 0.6) is 5.88 Å². The summed E-state index contributed by atoms with van der Waals surface area (Å²) < 4.78 is 5.81. The predicted molar refractivity (Wildman–Crippen MR) is 73.8 cm³/mol. The van der Waals surface area contributed by atoms with Gasteiger partial charge in [-0.2, -0.15) is 0 Å². The van der Waals surface area contributed by atoms with E-state index in [0.717, 1.165) is 37.3 Å². The maximum Gasteiger partial charge on any atom is 0.218 e.